The average molecular weight is 344 g/mol. The molecule has 4 N–H and O–H groups in total. The predicted octanol–water partition coefficient (Wildman–Crippen LogP) is -1.39. The van der Waals surface area contributed by atoms with Gasteiger partial charge in [0.2, 0.25) is 5.88 Å². The van der Waals surface area contributed by atoms with Crippen LogP contribution in [0.25, 0.3) is 0 Å². The molecule has 1 heterocycles. The van der Waals surface area contributed by atoms with E-state index in [0.29, 0.717) is 5.56 Å². The SMILES string of the molecule is Cc1cc(=O)n(CCOCCO)c(O)c1C(=O)NCCOCCO. The lowest BCUT2D eigenvalue weighted by atomic mass is 10.1. The lowest BCUT2D eigenvalue weighted by Gasteiger charge is -2.14. The van der Waals surface area contributed by atoms with E-state index in [-0.39, 0.29) is 58.3 Å². The summed E-state index contributed by atoms with van der Waals surface area (Å²) in [5.74, 6) is -0.955. The summed E-state index contributed by atoms with van der Waals surface area (Å²) in [5, 5.41) is 30.1. The van der Waals surface area contributed by atoms with E-state index in [4.69, 9.17) is 19.7 Å². The third-order valence-electron chi connectivity index (χ3n) is 3.17. The van der Waals surface area contributed by atoms with Gasteiger partial charge in [0.1, 0.15) is 5.56 Å². The lowest BCUT2D eigenvalue weighted by Crippen LogP contribution is -2.31. The summed E-state index contributed by atoms with van der Waals surface area (Å²) in [4.78, 5) is 24.2. The number of aryl methyl sites for hydroxylation is 1. The van der Waals surface area contributed by atoms with Gasteiger partial charge in [-0.15, -0.1) is 0 Å². The molecule has 0 radical (unpaired) electrons. The van der Waals surface area contributed by atoms with Crippen LogP contribution in [0.15, 0.2) is 10.9 Å². The molecule has 1 amide bonds. The van der Waals surface area contributed by atoms with Crippen LogP contribution in [0.2, 0.25) is 0 Å². The highest BCUT2D eigenvalue weighted by Crippen LogP contribution is 2.18. The molecule has 0 bridgehead atoms. The van der Waals surface area contributed by atoms with Crippen LogP contribution in [-0.2, 0) is 16.0 Å². The summed E-state index contributed by atoms with van der Waals surface area (Å²) in [7, 11) is 0. The van der Waals surface area contributed by atoms with Gasteiger partial charge in [0, 0.05) is 12.6 Å². The quantitative estimate of drug-likeness (QED) is 0.364. The van der Waals surface area contributed by atoms with E-state index in [2.05, 4.69) is 5.32 Å². The normalized spacial score (nSPS) is 10.8. The lowest BCUT2D eigenvalue weighted by molar-refractivity contribution is 0.0826. The van der Waals surface area contributed by atoms with E-state index in [1.807, 2.05) is 0 Å². The molecule has 0 unspecified atom stereocenters. The van der Waals surface area contributed by atoms with Gasteiger partial charge >= 0.3 is 0 Å². The Balaban J connectivity index is 2.78. The molecular weight excluding hydrogens is 320 g/mol. The van der Waals surface area contributed by atoms with E-state index in [9.17, 15) is 14.7 Å². The summed E-state index contributed by atoms with van der Waals surface area (Å²) in [6.45, 7) is 2.24. The Morgan fingerprint density at radius 3 is 2.42 bits per heavy atom. The van der Waals surface area contributed by atoms with Crippen molar-refractivity contribution in [3.8, 4) is 5.88 Å². The number of amides is 1. The van der Waals surface area contributed by atoms with Crippen molar-refractivity contribution in [3.05, 3.63) is 27.5 Å². The summed E-state index contributed by atoms with van der Waals surface area (Å²) in [6, 6.07) is 1.27. The van der Waals surface area contributed by atoms with Gasteiger partial charge in [-0.1, -0.05) is 0 Å². The minimum absolute atomic E-state index is 0.0129. The molecule has 1 rings (SSSR count). The Labute approximate surface area is 139 Å². The molecule has 0 spiro atoms. The smallest absolute Gasteiger partial charge is 0.257 e. The molecule has 0 saturated heterocycles. The molecule has 1 aromatic heterocycles. The molecule has 0 fully saturated rings. The van der Waals surface area contributed by atoms with Crippen LogP contribution >= 0.6 is 0 Å². The molecule has 136 valence electrons. The number of ether oxygens (including phenoxy) is 2. The Morgan fingerprint density at radius 1 is 1.17 bits per heavy atom. The molecule has 9 nitrogen and oxygen atoms in total. The van der Waals surface area contributed by atoms with Gasteiger partial charge in [0.05, 0.1) is 46.2 Å². The zero-order chi connectivity index (χ0) is 17.9. The summed E-state index contributed by atoms with van der Waals surface area (Å²) in [5.41, 5.74) is -0.0712. The fraction of sp³-hybridized carbons (Fsp3) is 0.600. The second-order valence-corrected chi connectivity index (χ2v) is 4.94. The molecule has 24 heavy (non-hydrogen) atoms. The second kappa shape index (κ2) is 10.8. The molecule has 1 aromatic rings. The molecule has 0 aliphatic rings. The van der Waals surface area contributed by atoms with Crippen LogP contribution in [0.3, 0.4) is 0 Å². The molecule has 0 aliphatic heterocycles. The van der Waals surface area contributed by atoms with Crippen LogP contribution in [0.1, 0.15) is 15.9 Å². The zero-order valence-corrected chi connectivity index (χ0v) is 13.7. The molecule has 0 aliphatic carbocycles. The first-order chi connectivity index (χ1) is 11.5. The van der Waals surface area contributed by atoms with Crippen molar-refractivity contribution in [3.63, 3.8) is 0 Å². The minimum Gasteiger partial charge on any atom is -0.494 e. The van der Waals surface area contributed by atoms with Crippen LogP contribution in [-0.4, -0.2) is 72.0 Å². The van der Waals surface area contributed by atoms with E-state index in [1.54, 1.807) is 6.92 Å². The van der Waals surface area contributed by atoms with E-state index >= 15 is 0 Å². The highest BCUT2D eigenvalue weighted by molar-refractivity contribution is 5.97. The van der Waals surface area contributed by atoms with E-state index in [1.165, 1.54) is 6.07 Å². The number of aliphatic hydroxyl groups is 2. The van der Waals surface area contributed by atoms with E-state index in [0.717, 1.165) is 4.57 Å². The van der Waals surface area contributed by atoms with Crippen molar-refractivity contribution in [1.29, 1.82) is 0 Å². The molecular formula is C15H24N2O7. The van der Waals surface area contributed by atoms with Crippen molar-refractivity contribution in [2.45, 2.75) is 13.5 Å². The Morgan fingerprint density at radius 2 is 1.79 bits per heavy atom. The third-order valence-corrected chi connectivity index (χ3v) is 3.17. The topological polar surface area (TPSA) is 130 Å². The zero-order valence-electron chi connectivity index (χ0n) is 13.7. The van der Waals surface area contributed by atoms with Gasteiger partial charge in [0.15, 0.2) is 0 Å². The average Bonchev–Trinajstić information content (AvgIpc) is 2.53. The number of aliphatic hydroxyl groups excluding tert-OH is 2. The number of rotatable bonds is 11. The first kappa shape index (κ1) is 20.1. The maximum atomic E-state index is 12.2. The first-order valence-electron chi connectivity index (χ1n) is 7.61. The molecule has 9 heteroatoms. The van der Waals surface area contributed by atoms with Crippen LogP contribution in [0.5, 0.6) is 5.88 Å². The van der Waals surface area contributed by atoms with E-state index < -0.39 is 17.3 Å². The number of nitrogens with zero attached hydrogens (tertiary/aromatic N) is 1. The van der Waals surface area contributed by atoms with Crippen molar-refractivity contribution >= 4 is 5.91 Å². The van der Waals surface area contributed by atoms with Crippen molar-refractivity contribution in [2.75, 3.05) is 46.2 Å². The maximum absolute atomic E-state index is 12.2. The van der Waals surface area contributed by atoms with Crippen LogP contribution < -0.4 is 10.9 Å². The van der Waals surface area contributed by atoms with Crippen molar-refractivity contribution < 1.29 is 29.6 Å². The Kier molecular flexibility index (Phi) is 9.02. The van der Waals surface area contributed by atoms with Crippen LogP contribution in [0.4, 0.5) is 0 Å². The number of hydrogen-bond donors (Lipinski definition) is 4. The highest BCUT2D eigenvalue weighted by atomic mass is 16.5. The number of hydrogen-bond acceptors (Lipinski definition) is 7. The van der Waals surface area contributed by atoms with Crippen molar-refractivity contribution in [1.82, 2.24) is 9.88 Å². The summed E-state index contributed by atoms with van der Waals surface area (Å²) in [6.07, 6.45) is 0. The summed E-state index contributed by atoms with van der Waals surface area (Å²) < 4.78 is 11.1. The Hall–Kier alpha value is -1.94. The van der Waals surface area contributed by atoms with Gasteiger partial charge in [-0.25, -0.2) is 0 Å². The minimum atomic E-state index is -0.525. The molecule has 0 aromatic carbocycles. The standard InChI is InChI=1S/C15H24N2O7/c1-11-10-12(20)17(3-7-24-9-5-19)15(22)13(11)14(21)16-2-6-23-8-4-18/h10,18-19,22H,2-9H2,1H3,(H,16,21). The van der Waals surface area contributed by atoms with Gasteiger partial charge in [-0.2, -0.15) is 0 Å². The number of carbonyl (C=O) groups excluding carboxylic acids is 1. The van der Waals surface area contributed by atoms with Gasteiger partial charge in [-0.3, -0.25) is 14.2 Å². The number of aromatic hydroxyl groups is 1. The van der Waals surface area contributed by atoms with Gasteiger partial charge < -0.3 is 30.1 Å². The number of carbonyl (C=O) groups is 1. The van der Waals surface area contributed by atoms with Crippen molar-refractivity contribution in [2.24, 2.45) is 0 Å². The van der Waals surface area contributed by atoms with Gasteiger partial charge in [0.25, 0.3) is 11.5 Å². The van der Waals surface area contributed by atoms with Crippen LogP contribution in [0, 0.1) is 6.92 Å². The fourth-order valence-corrected chi connectivity index (χ4v) is 2.06. The number of aromatic nitrogens is 1. The predicted molar refractivity (Wildman–Crippen MR) is 85.2 cm³/mol. The second-order valence-electron chi connectivity index (χ2n) is 4.94. The molecule has 0 atom stereocenters. The summed E-state index contributed by atoms with van der Waals surface area (Å²) >= 11 is 0. The highest BCUT2D eigenvalue weighted by Gasteiger charge is 2.19. The largest absolute Gasteiger partial charge is 0.494 e. The first-order valence-corrected chi connectivity index (χ1v) is 7.61. The maximum Gasteiger partial charge on any atom is 0.257 e. The Bertz CT molecular complexity index is 586. The fourth-order valence-electron chi connectivity index (χ4n) is 2.06. The number of pyridine rings is 1. The number of nitrogens with one attached hydrogen (secondary N) is 1. The molecule has 0 saturated carbocycles. The van der Waals surface area contributed by atoms with Gasteiger partial charge in [-0.05, 0) is 12.5 Å². The monoisotopic (exact) mass is 344 g/mol. The third kappa shape index (κ3) is 5.93.